The van der Waals surface area contributed by atoms with E-state index in [1.54, 1.807) is 11.3 Å². The largest absolute Gasteiger partial charge is 0.399 e. The first-order chi connectivity index (χ1) is 7.75. The van der Waals surface area contributed by atoms with E-state index < -0.39 is 0 Å². The summed E-state index contributed by atoms with van der Waals surface area (Å²) in [6.07, 6.45) is 0. The normalized spacial score (nSPS) is 10.6. The molecule has 0 saturated heterocycles. The van der Waals surface area contributed by atoms with E-state index in [0.29, 0.717) is 0 Å². The van der Waals surface area contributed by atoms with Gasteiger partial charge in [0, 0.05) is 24.2 Å². The van der Waals surface area contributed by atoms with Crippen LogP contribution < -0.4 is 11.1 Å². The van der Waals surface area contributed by atoms with Gasteiger partial charge in [-0.1, -0.05) is 12.1 Å². The minimum absolute atomic E-state index is 0.812. The van der Waals surface area contributed by atoms with E-state index >= 15 is 0 Å². The van der Waals surface area contributed by atoms with Gasteiger partial charge < -0.3 is 11.1 Å². The van der Waals surface area contributed by atoms with Crippen molar-refractivity contribution in [1.82, 2.24) is 10.3 Å². The van der Waals surface area contributed by atoms with Gasteiger partial charge in [0.1, 0.15) is 0 Å². The first kappa shape index (κ1) is 11.1. The minimum Gasteiger partial charge on any atom is -0.399 e. The van der Waals surface area contributed by atoms with Crippen LogP contribution in [0.5, 0.6) is 0 Å². The van der Waals surface area contributed by atoms with Gasteiger partial charge in [-0.2, -0.15) is 0 Å². The molecule has 2 aromatic rings. The molecule has 1 aromatic heterocycles. The molecule has 3 N–H and O–H groups in total. The highest BCUT2D eigenvalue weighted by Crippen LogP contribution is 2.12. The summed E-state index contributed by atoms with van der Waals surface area (Å²) >= 11 is 1.62. The quantitative estimate of drug-likeness (QED) is 0.797. The van der Waals surface area contributed by atoms with Crippen LogP contribution in [0.3, 0.4) is 0 Å². The molecule has 1 heterocycles. The number of aromatic nitrogens is 1. The number of rotatable bonds is 4. The van der Waals surface area contributed by atoms with Crippen molar-refractivity contribution in [3.63, 3.8) is 0 Å². The molecule has 0 atom stereocenters. The molecule has 0 radical (unpaired) electrons. The van der Waals surface area contributed by atoms with Crippen LogP contribution in [0.1, 0.15) is 16.8 Å². The van der Waals surface area contributed by atoms with Crippen molar-refractivity contribution in [1.29, 1.82) is 0 Å². The molecule has 2 rings (SSSR count). The number of nitrogens with two attached hydrogens (primary N) is 1. The Labute approximate surface area is 99.3 Å². The van der Waals surface area contributed by atoms with E-state index in [9.17, 15) is 0 Å². The molecule has 0 aliphatic carbocycles. The van der Waals surface area contributed by atoms with E-state index in [-0.39, 0.29) is 0 Å². The van der Waals surface area contributed by atoms with Crippen molar-refractivity contribution >= 4 is 17.0 Å². The van der Waals surface area contributed by atoms with Gasteiger partial charge in [0.25, 0.3) is 0 Å². The number of nitrogen functional groups attached to an aromatic ring is 1. The fourth-order valence-corrected chi connectivity index (χ4v) is 2.07. The monoisotopic (exact) mass is 233 g/mol. The highest BCUT2D eigenvalue weighted by molar-refractivity contribution is 7.07. The van der Waals surface area contributed by atoms with E-state index in [1.807, 2.05) is 18.5 Å². The first-order valence-corrected chi connectivity index (χ1v) is 6.13. The van der Waals surface area contributed by atoms with Crippen LogP contribution in [0.2, 0.25) is 0 Å². The smallest absolute Gasteiger partial charge is 0.0795 e. The van der Waals surface area contributed by atoms with Crippen molar-refractivity contribution in [2.45, 2.75) is 20.0 Å². The van der Waals surface area contributed by atoms with Crippen LogP contribution in [-0.2, 0) is 13.1 Å². The zero-order valence-corrected chi connectivity index (χ0v) is 10.1. The SMILES string of the molecule is Cc1cc(CNCc2cscn2)ccc1N. The molecule has 0 aliphatic heterocycles. The van der Waals surface area contributed by atoms with Crippen LogP contribution in [0.25, 0.3) is 0 Å². The Morgan fingerprint density at radius 2 is 2.25 bits per heavy atom. The lowest BCUT2D eigenvalue weighted by molar-refractivity contribution is 0.682. The number of benzene rings is 1. The Bertz CT molecular complexity index is 451. The van der Waals surface area contributed by atoms with Gasteiger partial charge in [-0.3, -0.25) is 0 Å². The number of anilines is 1. The molecule has 0 spiro atoms. The molecule has 0 unspecified atom stereocenters. The summed E-state index contributed by atoms with van der Waals surface area (Å²) < 4.78 is 0. The van der Waals surface area contributed by atoms with Crippen molar-refractivity contribution < 1.29 is 0 Å². The number of aryl methyl sites for hydroxylation is 1. The topological polar surface area (TPSA) is 50.9 Å². The van der Waals surface area contributed by atoms with Crippen LogP contribution >= 0.6 is 11.3 Å². The van der Waals surface area contributed by atoms with E-state index in [4.69, 9.17) is 5.73 Å². The highest BCUT2D eigenvalue weighted by atomic mass is 32.1. The van der Waals surface area contributed by atoms with Crippen LogP contribution in [0.15, 0.2) is 29.1 Å². The van der Waals surface area contributed by atoms with Crippen molar-refractivity contribution in [2.24, 2.45) is 0 Å². The molecule has 3 nitrogen and oxygen atoms in total. The number of hydrogen-bond acceptors (Lipinski definition) is 4. The van der Waals surface area contributed by atoms with E-state index in [1.165, 1.54) is 5.56 Å². The van der Waals surface area contributed by atoms with Crippen molar-refractivity contribution in [3.05, 3.63) is 45.9 Å². The molecule has 16 heavy (non-hydrogen) atoms. The fourth-order valence-electron chi connectivity index (χ4n) is 1.51. The van der Waals surface area contributed by atoms with Crippen LogP contribution in [0, 0.1) is 6.92 Å². The predicted molar refractivity (Wildman–Crippen MR) is 68.2 cm³/mol. The second-order valence-electron chi connectivity index (χ2n) is 3.77. The Hall–Kier alpha value is -1.39. The average molecular weight is 233 g/mol. The van der Waals surface area contributed by atoms with Gasteiger partial charge in [-0.25, -0.2) is 4.98 Å². The van der Waals surface area contributed by atoms with Gasteiger partial charge in [-0.05, 0) is 24.1 Å². The number of thiazole rings is 1. The van der Waals surface area contributed by atoms with Gasteiger partial charge in [0.2, 0.25) is 0 Å². The molecular formula is C12H15N3S. The zero-order valence-electron chi connectivity index (χ0n) is 9.23. The van der Waals surface area contributed by atoms with Gasteiger partial charge >= 0.3 is 0 Å². The lowest BCUT2D eigenvalue weighted by atomic mass is 10.1. The van der Waals surface area contributed by atoms with Gasteiger partial charge in [-0.15, -0.1) is 11.3 Å². The van der Waals surface area contributed by atoms with Crippen LogP contribution in [0.4, 0.5) is 5.69 Å². The second kappa shape index (κ2) is 5.09. The number of nitrogens with zero attached hydrogens (tertiary/aromatic N) is 1. The Balaban J connectivity index is 1.87. The van der Waals surface area contributed by atoms with E-state index in [0.717, 1.165) is 30.0 Å². The van der Waals surface area contributed by atoms with Crippen LogP contribution in [-0.4, -0.2) is 4.98 Å². The Morgan fingerprint density at radius 1 is 1.38 bits per heavy atom. The molecule has 0 saturated carbocycles. The summed E-state index contributed by atoms with van der Waals surface area (Å²) in [7, 11) is 0. The van der Waals surface area contributed by atoms with Crippen molar-refractivity contribution in [3.8, 4) is 0 Å². The van der Waals surface area contributed by atoms with Crippen molar-refractivity contribution in [2.75, 3.05) is 5.73 Å². The maximum atomic E-state index is 5.77. The summed E-state index contributed by atoms with van der Waals surface area (Å²) in [4.78, 5) is 4.22. The summed E-state index contributed by atoms with van der Waals surface area (Å²) in [6.45, 7) is 3.69. The first-order valence-electron chi connectivity index (χ1n) is 5.18. The summed E-state index contributed by atoms with van der Waals surface area (Å²) in [5.74, 6) is 0. The third-order valence-corrected chi connectivity index (χ3v) is 3.09. The maximum Gasteiger partial charge on any atom is 0.0795 e. The Morgan fingerprint density at radius 3 is 2.94 bits per heavy atom. The molecule has 0 bridgehead atoms. The molecular weight excluding hydrogens is 218 g/mol. The lowest BCUT2D eigenvalue weighted by Crippen LogP contribution is -2.13. The molecule has 84 valence electrons. The number of nitrogens with one attached hydrogen (secondary N) is 1. The van der Waals surface area contributed by atoms with Gasteiger partial charge in [0.15, 0.2) is 0 Å². The predicted octanol–water partition coefficient (Wildman–Crippen LogP) is 2.32. The van der Waals surface area contributed by atoms with Gasteiger partial charge in [0.05, 0.1) is 11.2 Å². The molecule has 4 heteroatoms. The second-order valence-corrected chi connectivity index (χ2v) is 4.49. The molecule has 1 aromatic carbocycles. The molecule has 0 fully saturated rings. The lowest BCUT2D eigenvalue weighted by Gasteiger charge is -2.06. The van der Waals surface area contributed by atoms with E-state index in [2.05, 4.69) is 27.8 Å². The summed E-state index contributed by atoms with van der Waals surface area (Å²) in [5.41, 5.74) is 11.9. The standard InChI is InChI=1S/C12H15N3S/c1-9-4-10(2-3-12(9)13)5-14-6-11-7-16-8-15-11/h2-4,7-8,14H,5-6,13H2,1H3. The maximum absolute atomic E-state index is 5.77. The molecule has 0 amide bonds. The third kappa shape index (κ3) is 2.81. The Kier molecular flexibility index (Phi) is 3.54. The highest BCUT2D eigenvalue weighted by Gasteiger charge is 1.98. The minimum atomic E-state index is 0.812. The zero-order chi connectivity index (χ0) is 11.4. The fraction of sp³-hybridized carbons (Fsp3) is 0.250. The molecule has 0 aliphatic rings. The number of hydrogen-bond donors (Lipinski definition) is 2. The summed E-state index contributed by atoms with van der Waals surface area (Å²) in [6, 6.07) is 6.12. The average Bonchev–Trinajstić information content (AvgIpc) is 2.76. The third-order valence-electron chi connectivity index (χ3n) is 2.45. The summed E-state index contributed by atoms with van der Waals surface area (Å²) in [5, 5.41) is 5.41.